The zero-order valence-electron chi connectivity index (χ0n) is 8.78. The minimum atomic E-state index is 0.0484. The Bertz CT molecular complexity index is 285. The number of unbranched alkanes of at least 4 members (excludes halogenated alkanes) is 1. The van der Waals surface area contributed by atoms with Crippen molar-refractivity contribution in [3.05, 3.63) is 35.9 Å². The van der Waals surface area contributed by atoms with Gasteiger partial charge in [0.05, 0.1) is 0 Å². The highest BCUT2D eigenvalue weighted by molar-refractivity contribution is 5.75. The van der Waals surface area contributed by atoms with Gasteiger partial charge in [0.1, 0.15) is 0 Å². The second-order valence-corrected chi connectivity index (χ2v) is 3.44. The van der Waals surface area contributed by atoms with Gasteiger partial charge < -0.3 is 10.4 Å². The zero-order chi connectivity index (χ0) is 10.9. The van der Waals surface area contributed by atoms with Gasteiger partial charge in [0.2, 0.25) is 5.91 Å². The summed E-state index contributed by atoms with van der Waals surface area (Å²) in [6.45, 7) is 0.741. The molecule has 1 aromatic rings. The number of aliphatic hydroxyl groups excluding tert-OH is 1. The van der Waals surface area contributed by atoms with Crippen molar-refractivity contribution in [1.82, 2.24) is 5.32 Å². The van der Waals surface area contributed by atoms with Crippen molar-refractivity contribution in [2.24, 2.45) is 0 Å². The molecular weight excluding hydrogens is 190 g/mol. The summed E-state index contributed by atoms with van der Waals surface area (Å²) >= 11 is 0. The van der Waals surface area contributed by atoms with Gasteiger partial charge in [-0.1, -0.05) is 30.3 Å². The molecule has 1 rings (SSSR count). The monoisotopic (exact) mass is 207 g/mol. The molecule has 0 aromatic heterocycles. The SMILES string of the molecule is O=C(CCCCO)NCc1ccccc1. The molecule has 0 saturated heterocycles. The van der Waals surface area contributed by atoms with Crippen molar-refractivity contribution in [1.29, 1.82) is 0 Å². The highest BCUT2D eigenvalue weighted by Gasteiger charge is 2.00. The molecule has 0 bridgehead atoms. The summed E-state index contributed by atoms with van der Waals surface area (Å²) in [7, 11) is 0. The van der Waals surface area contributed by atoms with E-state index in [0.717, 1.165) is 12.0 Å². The molecule has 3 nitrogen and oxygen atoms in total. The molecular formula is C12H17NO2. The second-order valence-electron chi connectivity index (χ2n) is 3.44. The van der Waals surface area contributed by atoms with Crippen molar-refractivity contribution in [3.63, 3.8) is 0 Å². The maximum Gasteiger partial charge on any atom is 0.220 e. The number of amides is 1. The van der Waals surface area contributed by atoms with Gasteiger partial charge in [-0.3, -0.25) is 4.79 Å². The number of nitrogens with one attached hydrogen (secondary N) is 1. The third-order valence-electron chi connectivity index (χ3n) is 2.14. The molecule has 0 fully saturated rings. The van der Waals surface area contributed by atoms with Crippen LogP contribution in [0.2, 0.25) is 0 Å². The van der Waals surface area contributed by atoms with Crippen LogP contribution in [0.3, 0.4) is 0 Å². The standard InChI is InChI=1S/C12H17NO2/c14-9-5-4-8-12(15)13-10-11-6-2-1-3-7-11/h1-3,6-7,14H,4-5,8-10H2,(H,13,15). The highest BCUT2D eigenvalue weighted by Crippen LogP contribution is 1.99. The van der Waals surface area contributed by atoms with Crippen molar-refractivity contribution in [2.75, 3.05) is 6.61 Å². The number of aliphatic hydroxyl groups is 1. The van der Waals surface area contributed by atoms with Crippen LogP contribution in [-0.4, -0.2) is 17.6 Å². The molecule has 2 N–H and O–H groups in total. The van der Waals surface area contributed by atoms with Gasteiger partial charge in [-0.25, -0.2) is 0 Å². The first-order chi connectivity index (χ1) is 7.33. The van der Waals surface area contributed by atoms with Crippen molar-refractivity contribution >= 4 is 5.91 Å². The smallest absolute Gasteiger partial charge is 0.220 e. The Morgan fingerprint density at radius 3 is 2.60 bits per heavy atom. The molecule has 0 aliphatic heterocycles. The minimum absolute atomic E-state index is 0.0484. The van der Waals surface area contributed by atoms with Gasteiger partial charge in [0, 0.05) is 19.6 Å². The molecule has 1 amide bonds. The Morgan fingerprint density at radius 2 is 1.93 bits per heavy atom. The van der Waals surface area contributed by atoms with Crippen LogP contribution >= 0.6 is 0 Å². The van der Waals surface area contributed by atoms with Crippen molar-refractivity contribution in [3.8, 4) is 0 Å². The van der Waals surface area contributed by atoms with Crippen LogP contribution in [0.4, 0.5) is 0 Å². The average molecular weight is 207 g/mol. The summed E-state index contributed by atoms with van der Waals surface area (Å²) in [5.41, 5.74) is 1.10. The molecule has 3 heteroatoms. The lowest BCUT2D eigenvalue weighted by atomic mass is 10.2. The Labute approximate surface area is 90.1 Å². The quantitative estimate of drug-likeness (QED) is 0.694. The minimum Gasteiger partial charge on any atom is -0.396 e. The van der Waals surface area contributed by atoms with Crippen molar-refractivity contribution in [2.45, 2.75) is 25.8 Å². The van der Waals surface area contributed by atoms with E-state index in [4.69, 9.17) is 5.11 Å². The van der Waals surface area contributed by atoms with Crippen LogP contribution in [0, 0.1) is 0 Å². The predicted molar refractivity (Wildman–Crippen MR) is 59.2 cm³/mol. The van der Waals surface area contributed by atoms with Gasteiger partial charge in [0.15, 0.2) is 0 Å². The van der Waals surface area contributed by atoms with E-state index in [1.165, 1.54) is 0 Å². The second kappa shape index (κ2) is 7.01. The van der Waals surface area contributed by atoms with E-state index in [1.54, 1.807) is 0 Å². The Kier molecular flexibility index (Phi) is 5.48. The highest BCUT2D eigenvalue weighted by atomic mass is 16.2. The molecule has 0 unspecified atom stereocenters. The van der Waals surface area contributed by atoms with E-state index in [2.05, 4.69) is 5.32 Å². The first-order valence-corrected chi connectivity index (χ1v) is 5.24. The summed E-state index contributed by atoms with van der Waals surface area (Å²) in [6, 6.07) is 9.81. The molecule has 0 saturated carbocycles. The maximum absolute atomic E-state index is 11.3. The number of hydrogen-bond acceptors (Lipinski definition) is 2. The fourth-order valence-electron chi connectivity index (χ4n) is 1.28. The number of rotatable bonds is 6. The Hall–Kier alpha value is -1.35. The van der Waals surface area contributed by atoms with Gasteiger partial charge in [0.25, 0.3) is 0 Å². The van der Waals surface area contributed by atoms with Crippen LogP contribution in [0.25, 0.3) is 0 Å². The van der Waals surface area contributed by atoms with Crippen molar-refractivity contribution < 1.29 is 9.90 Å². The summed E-state index contributed by atoms with van der Waals surface area (Å²) in [4.78, 5) is 11.3. The normalized spacial score (nSPS) is 9.93. The fraction of sp³-hybridized carbons (Fsp3) is 0.417. The molecule has 1 aromatic carbocycles. The average Bonchev–Trinajstić information content (AvgIpc) is 2.28. The number of carbonyl (C=O) groups is 1. The molecule has 15 heavy (non-hydrogen) atoms. The van der Waals surface area contributed by atoms with Crippen LogP contribution in [0.15, 0.2) is 30.3 Å². The summed E-state index contributed by atoms with van der Waals surface area (Å²) < 4.78 is 0. The van der Waals surface area contributed by atoms with Gasteiger partial charge in [-0.15, -0.1) is 0 Å². The Balaban J connectivity index is 2.17. The topological polar surface area (TPSA) is 49.3 Å². The van der Waals surface area contributed by atoms with Crippen LogP contribution in [-0.2, 0) is 11.3 Å². The van der Waals surface area contributed by atoms with E-state index in [-0.39, 0.29) is 12.5 Å². The molecule has 0 heterocycles. The number of hydrogen-bond donors (Lipinski definition) is 2. The molecule has 0 aliphatic rings. The predicted octanol–water partition coefficient (Wildman–Crippen LogP) is 1.47. The van der Waals surface area contributed by atoms with E-state index in [0.29, 0.717) is 19.4 Å². The largest absolute Gasteiger partial charge is 0.396 e. The summed E-state index contributed by atoms with van der Waals surface area (Å²) in [5.74, 6) is 0.0484. The molecule has 0 aliphatic carbocycles. The zero-order valence-corrected chi connectivity index (χ0v) is 8.78. The lowest BCUT2D eigenvalue weighted by Gasteiger charge is -2.04. The molecule has 0 radical (unpaired) electrons. The lowest BCUT2D eigenvalue weighted by molar-refractivity contribution is -0.121. The third kappa shape index (κ3) is 5.18. The fourth-order valence-corrected chi connectivity index (χ4v) is 1.28. The first-order valence-electron chi connectivity index (χ1n) is 5.24. The van der Waals surface area contributed by atoms with Crippen LogP contribution < -0.4 is 5.32 Å². The molecule has 0 spiro atoms. The van der Waals surface area contributed by atoms with E-state index >= 15 is 0 Å². The van der Waals surface area contributed by atoms with Gasteiger partial charge in [-0.2, -0.15) is 0 Å². The number of carbonyl (C=O) groups excluding carboxylic acids is 1. The summed E-state index contributed by atoms with van der Waals surface area (Å²) in [5, 5.41) is 11.4. The van der Waals surface area contributed by atoms with Crippen LogP contribution in [0.5, 0.6) is 0 Å². The van der Waals surface area contributed by atoms with E-state index in [9.17, 15) is 4.79 Å². The number of benzene rings is 1. The Morgan fingerprint density at radius 1 is 1.20 bits per heavy atom. The van der Waals surface area contributed by atoms with E-state index < -0.39 is 0 Å². The maximum atomic E-state index is 11.3. The third-order valence-corrected chi connectivity index (χ3v) is 2.14. The van der Waals surface area contributed by atoms with Crippen LogP contribution in [0.1, 0.15) is 24.8 Å². The molecule has 0 atom stereocenters. The van der Waals surface area contributed by atoms with Gasteiger partial charge >= 0.3 is 0 Å². The first kappa shape index (κ1) is 11.7. The van der Waals surface area contributed by atoms with Gasteiger partial charge in [-0.05, 0) is 18.4 Å². The summed E-state index contributed by atoms with van der Waals surface area (Å²) in [6.07, 6.45) is 1.93. The lowest BCUT2D eigenvalue weighted by Crippen LogP contribution is -2.22. The molecule has 82 valence electrons. The van der Waals surface area contributed by atoms with E-state index in [1.807, 2.05) is 30.3 Å².